The molecule has 5 nitrogen and oxygen atoms in total. The van der Waals surface area contributed by atoms with Gasteiger partial charge in [-0.25, -0.2) is 0 Å². The third kappa shape index (κ3) is 1.77. The highest BCUT2D eigenvalue weighted by molar-refractivity contribution is 5.97. The topological polar surface area (TPSA) is 64.2 Å². The minimum Gasteiger partial charge on any atom is -0.396 e. The summed E-state index contributed by atoms with van der Waals surface area (Å²) in [6.07, 6.45) is 6.14. The highest BCUT2D eigenvalue weighted by Crippen LogP contribution is 2.24. The number of aromatic nitrogens is 2. The van der Waals surface area contributed by atoms with Crippen LogP contribution in [0.5, 0.6) is 0 Å². The lowest BCUT2D eigenvalue weighted by molar-refractivity contribution is 0.0725. The molecule has 2 rings (SSSR count). The lowest BCUT2D eigenvalue weighted by Gasteiger charge is -2.24. The van der Waals surface area contributed by atoms with E-state index in [9.17, 15) is 4.79 Å². The number of carbonyl (C=O) groups is 1. The van der Waals surface area contributed by atoms with Crippen LogP contribution in [0.25, 0.3) is 0 Å². The predicted octanol–water partition coefficient (Wildman–Crippen LogP) is 1.02. The summed E-state index contributed by atoms with van der Waals surface area (Å²) in [7, 11) is 3.59. The molecule has 0 radical (unpaired) electrons. The lowest BCUT2D eigenvalue weighted by Crippen LogP contribution is -2.36. The lowest BCUT2D eigenvalue weighted by atomic mass is 10.2. The molecule has 1 amide bonds. The highest BCUT2D eigenvalue weighted by Gasteiger charge is 2.27. The molecule has 88 valence electrons. The maximum absolute atomic E-state index is 12.2. The second-order valence-electron chi connectivity index (χ2n) is 4.43. The minimum atomic E-state index is -0.0237. The van der Waals surface area contributed by atoms with Crippen molar-refractivity contribution in [2.45, 2.75) is 31.7 Å². The first-order valence-electron chi connectivity index (χ1n) is 5.66. The molecule has 1 aliphatic carbocycles. The smallest absolute Gasteiger partial charge is 0.274 e. The number of amides is 1. The molecule has 0 aromatic carbocycles. The van der Waals surface area contributed by atoms with Crippen molar-refractivity contribution in [3.05, 3.63) is 11.9 Å². The Morgan fingerprint density at radius 1 is 1.56 bits per heavy atom. The van der Waals surface area contributed by atoms with Crippen LogP contribution in [-0.4, -0.2) is 33.7 Å². The Balaban J connectivity index is 2.18. The number of anilines is 1. The van der Waals surface area contributed by atoms with E-state index in [0.717, 1.165) is 12.8 Å². The normalized spacial score (nSPS) is 16.6. The van der Waals surface area contributed by atoms with Crippen molar-refractivity contribution < 1.29 is 4.79 Å². The van der Waals surface area contributed by atoms with Crippen LogP contribution in [0.1, 0.15) is 36.2 Å². The number of aryl methyl sites for hydroxylation is 1. The van der Waals surface area contributed by atoms with Gasteiger partial charge in [0.25, 0.3) is 5.91 Å². The maximum Gasteiger partial charge on any atom is 0.274 e. The zero-order valence-electron chi connectivity index (χ0n) is 9.81. The molecule has 1 saturated carbocycles. The van der Waals surface area contributed by atoms with Crippen LogP contribution in [0.15, 0.2) is 6.20 Å². The largest absolute Gasteiger partial charge is 0.396 e. The van der Waals surface area contributed by atoms with E-state index in [1.807, 2.05) is 7.05 Å². The first kappa shape index (κ1) is 11.0. The van der Waals surface area contributed by atoms with E-state index in [1.165, 1.54) is 19.0 Å². The van der Waals surface area contributed by atoms with Crippen LogP contribution in [0.4, 0.5) is 5.69 Å². The standard InChI is InChI=1S/C11H18N4O/c1-14(8-5-3-4-6-8)11(16)10-9(12)7-13-15(10)2/h7-8H,3-6,12H2,1-2H3. The van der Waals surface area contributed by atoms with Gasteiger partial charge >= 0.3 is 0 Å². The van der Waals surface area contributed by atoms with E-state index in [2.05, 4.69) is 5.10 Å². The van der Waals surface area contributed by atoms with Gasteiger partial charge in [-0.05, 0) is 12.8 Å². The van der Waals surface area contributed by atoms with Gasteiger partial charge in [0.05, 0.1) is 11.9 Å². The molecule has 16 heavy (non-hydrogen) atoms. The molecule has 1 fully saturated rings. The molecular formula is C11H18N4O. The molecule has 1 heterocycles. The third-order valence-electron chi connectivity index (χ3n) is 3.36. The molecule has 1 aromatic heterocycles. The van der Waals surface area contributed by atoms with Crippen molar-refractivity contribution in [3.63, 3.8) is 0 Å². The van der Waals surface area contributed by atoms with Crippen molar-refractivity contribution in [2.24, 2.45) is 7.05 Å². The molecule has 5 heteroatoms. The summed E-state index contributed by atoms with van der Waals surface area (Å²) in [5.41, 5.74) is 6.70. The Hall–Kier alpha value is -1.52. The Bertz CT molecular complexity index is 373. The fourth-order valence-corrected chi connectivity index (χ4v) is 2.34. The van der Waals surface area contributed by atoms with Gasteiger partial charge in [-0.1, -0.05) is 12.8 Å². The first-order valence-corrected chi connectivity index (χ1v) is 5.66. The third-order valence-corrected chi connectivity index (χ3v) is 3.36. The van der Waals surface area contributed by atoms with Crippen LogP contribution in [-0.2, 0) is 7.05 Å². The molecule has 1 aliphatic rings. The maximum atomic E-state index is 12.2. The van der Waals surface area contributed by atoms with Crippen LogP contribution in [0.3, 0.4) is 0 Å². The summed E-state index contributed by atoms with van der Waals surface area (Å²) in [4.78, 5) is 14.0. The quantitative estimate of drug-likeness (QED) is 0.812. The van der Waals surface area contributed by atoms with Crippen molar-refractivity contribution >= 4 is 11.6 Å². The minimum absolute atomic E-state index is 0.0237. The van der Waals surface area contributed by atoms with Gasteiger partial charge in [0.1, 0.15) is 5.69 Å². The second kappa shape index (κ2) is 4.15. The summed E-state index contributed by atoms with van der Waals surface area (Å²) < 4.78 is 1.54. The number of rotatable bonds is 2. The van der Waals surface area contributed by atoms with Gasteiger partial charge in [-0.3, -0.25) is 9.48 Å². The zero-order valence-corrected chi connectivity index (χ0v) is 9.81. The monoisotopic (exact) mass is 222 g/mol. The molecule has 0 spiro atoms. The molecular weight excluding hydrogens is 204 g/mol. The number of nitrogens with two attached hydrogens (primary N) is 1. The fraction of sp³-hybridized carbons (Fsp3) is 0.636. The Labute approximate surface area is 95.2 Å². The number of hydrogen-bond acceptors (Lipinski definition) is 3. The van der Waals surface area contributed by atoms with Crippen LogP contribution >= 0.6 is 0 Å². The van der Waals surface area contributed by atoms with Gasteiger partial charge in [0.2, 0.25) is 0 Å². The molecule has 0 atom stereocenters. The van der Waals surface area contributed by atoms with Crippen LogP contribution in [0, 0.1) is 0 Å². The summed E-state index contributed by atoms with van der Waals surface area (Å²) in [5.74, 6) is -0.0237. The molecule has 0 saturated heterocycles. The zero-order chi connectivity index (χ0) is 11.7. The van der Waals surface area contributed by atoms with E-state index in [0.29, 0.717) is 17.4 Å². The summed E-state index contributed by atoms with van der Waals surface area (Å²) in [5, 5.41) is 3.99. The average Bonchev–Trinajstić information content (AvgIpc) is 2.87. The number of nitrogens with zero attached hydrogens (tertiary/aromatic N) is 3. The predicted molar refractivity (Wildman–Crippen MR) is 62.0 cm³/mol. The summed E-state index contributed by atoms with van der Waals surface area (Å²) >= 11 is 0. The molecule has 0 aliphatic heterocycles. The van der Waals surface area contributed by atoms with Gasteiger partial charge in [0.15, 0.2) is 0 Å². The van der Waals surface area contributed by atoms with E-state index < -0.39 is 0 Å². The van der Waals surface area contributed by atoms with Crippen molar-refractivity contribution in [2.75, 3.05) is 12.8 Å². The number of carbonyl (C=O) groups excluding carboxylic acids is 1. The van der Waals surface area contributed by atoms with Gasteiger partial charge in [0, 0.05) is 20.1 Å². The Morgan fingerprint density at radius 2 is 2.19 bits per heavy atom. The molecule has 1 aromatic rings. The summed E-state index contributed by atoms with van der Waals surface area (Å²) in [6, 6.07) is 0.363. The fourth-order valence-electron chi connectivity index (χ4n) is 2.34. The number of hydrogen-bond donors (Lipinski definition) is 1. The van der Waals surface area contributed by atoms with E-state index in [4.69, 9.17) is 5.73 Å². The molecule has 0 unspecified atom stereocenters. The molecule has 0 bridgehead atoms. The van der Waals surface area contributed by atoms with Gasteiger partial charge in [-0.2, -0.15) is 5.10 Å². The van der Waals surface area contributed by atoms with E-state index in [1.54, 1.807) is 16.6 Å². The second-order valence-corrected chi connectivity index (χ2v) is 4.43. The van der Waals surface area contributed by atoms with Gasteiger partial charge in [-0.15, -0.1) is 0 Å². The van der Waals surface area contributed by atoms with Crippen LogP contribution in [0.2, 0.25) is 0 Å². The van der Waals surface area contributed by atoms with Crippen molar-refractivity contribution in [1.29, 1.82) is 0 Å². The first-order chi connectivity index (χ1) is 7.61. The Morgan fingerprint density at radius 3 is 2.69 bits per heavy atom. The highest BCUT2D eigenvalue weighted by atomic mass is 16.2. The number of nitrogen functional groups attached to an aromatic ring is 1. The van der Waals surface area contributed by atoms with Crippen molar-refractivity contribution in [3.8, 4) is 0 Å². The Kier molecular flexibility index (Phi) is 2.85. The SMILES string of the molecule is CN(C(=O)c1c(N)cnn1C)C1CCCC1. The van der Waals surface area contributed by atoms with Crippen molar-refractivity contribution in [1.82, 2.24) is 14.7 Å². The molecule has 2 N–H and O–H groups in total. The summed E-state index contributed by atoms with van der Waals surface area (Å²) in [6.45, 7) is 0. The van der Waals surface area contributed by atoms with Crippen LogP contribution < -0.4 is 5.73 Å². The van der Waals surface area contributed by atoms with Gasteiger partial charge < -0.3 is 10.6 Å². The van der Waals surface area contributed by atoms with E-state index >= 15 is 0 Å². The average molecular weight is 222 g/mol. The van der Waals surface area contributed by atoms with E-state index in [-0.39, 0.29) is 5.91 Å².